The van der Waals surface area contributed by atoms with Gasteiger partial charge in [-0.15, -0.1) is 0 Å². The minimum atomic E-state index is -3.89. The lowest BCUT2D eigenvalue weighted by molar-refractivity contribution is 0.0698. The van der Waals surface area contributed by atoms with E-state index in [1.165, 1.54) is 36.4 Å². The number of nitrogens with zero attached hydrogens (tertiary/aromatic N) is 3. The lowest BCUT2D eigenvalue weighted by atomic mass is 10.1. The first-order chi connectivity index (χ1) is 14.7. The summed E-state index contributed by atoms with van der Waals surface area (Å²) in [5, 5.41) is 29.6. The third-order valence-corrected chi connectivity index (χ3v) is 6.25. The summed E-state index contributed by atoms with van der Waals surface area (Å²) >= 11 is 0. The van der Waals surface area contributed by atoms with Crippen molar-refractivity contribution in [1.29, 1.82) is 10.5 Å². The van der Waals surface area contributed by atoms with Crippen molar-refractivity contribution < 1.29 is 23.1 Å². The molecule has 0 spiro atoms. The van der Waals surface area contributed by atoms with Crippen LogP contribution >= 0.6 is 0 Å². The SMILES string of the molecule is CCCCN(CC#N)S(=O)(=O)c1ccc(C(=O)Nc2ccc(C#N)cc2C(=O)O)cc1. The van der Waals surface area contributed by atoms with Gasteiger partial charge in [-0.25, -0.2) is 13.2 Å². The number of carboxylic acids is 1. The number of hydrogen-bond acceptors (Lipinski definition) is 6. The molecule has 160 valence electrons. The van der Waals surface area contributed by atoms with Crippen LogP contribution in [0.3, 0.4) is 0 Å². The third-order valence-electron chi connectivity index (χ3n) is 4.39. The molecule has 0 bridgehead atoms. The first-order valence-corrected chi connectivity index (χ1v) is 10.7. The Morgan fingerprint density at radius 3 is 2.35 bits per heavy atom. The molecule has 0 radical (unpaired) electrons. The molecule has 0 saturated heterocycles. The highest BCUT2D eigenvalue weighted by atomic mass is 32.2. The number of rotatable bonds is 9. The van der Waals surface area contributed by atoms with Gasteiger partial charge in [0.15, 0.2) is 0 Å². The smallest absolute Gasteiger partial charge is 0.337 e. The van der Waals surface area contributed by atoms with E-state index in [1.807, 2.05) is 19.1 Å². The number of anilines is 1. The normalized spacial score (nSPS) is 10.8. The molecular formula is C21H20N4O5S. The van der Waals surface area contributed by atoms with Crippen LogP contribution in [0, 0.1) is 22.7 Å². The standard InChI is InChI=1S/C21H20N4O5S/c1-2-3-11-25(12-10-22)31(29,30)17-7-5-16(6-8-17)20(26)24-19-9-4-15(14-23)13-18(19)21(27)28/h4-9,13H,2-3,11-12H2,1H3,(H,24,26)(H,27,28). The van der Waals surface area contributed by atoms with E-state index in [-0.39, 0.29) is 40.4 Å². The van der Waals surface area contributed by atoms with E-state index < -0.39 is 21.9 Å². The highest BCUT2D eigenvalue weighted by Crippen LogP contribution is 2.20. The number of unbranched alkanes of at least 4 members (excludes halogenated alkanes) is 1. The Kier molecular flexibility index (Phi) is 7.86. The van der Waals surface area contributed by atoms with Crippen molar-refractivity contribution in [1.82, 2.24) is 4.31 Å². The Balaban J connectivity index is 2.26. The number of carboxylic acid groups (broad SMARTS) is 1. The fourth-order valence-electron chi connectivity index (χ4n) is 2.72. The van der Waals surface area contributed by atoms with Crippen LogP contribution in [-0.2, 0) is 10.0 Å². The van der Waals surface area contributed by atoms with Gasteiger partial charge in [-0.3, -0.25) is 4.79 Å². The molecule has 0 unspecified atom stereocenters. The molecule has 1 amide bonds. The minimum absolute atomic E-state index is 0.00737. The molecule has 31 heavy (non-hydrogen) atoms. The van der Waals surface area contributed by atoms with Crippen molar-refractivity contribution in [2.45, 2.75) is 24.7 Å². The summed E-state index contributed by atoms with van der Waals surface area (Å²) in [6.45, 7) is 1.85. The molecule has 0 fully saturated rings. The quantitative estimate of drug-likeness (QED) is 0.569. The van der Waals surface area contributed by atoms with Gasteiger partial charge >= 0.3 is 5.97 Å². The molecule has 0 atom stereocenters. The second-order valence-electron chi connectivity index (χ2n) is 6.51. The van der Waals surface area contributed by atoms with Gasteiger partial charge in [-0.2, -0.15) is 14.8 Å². The minimum Gasteiger partial charge on any atom is -0.478 e. The van der Waals surface area contributed by atoms with Crippen LogP contribution in [0.2, 0.25) is 0 Å². The lowest BCUT2D eigenvalue weighted by Gasteiger charge is -2.19. The van der Waals surface area contributed by atoms with E-state index in [1.54, 1.807) is 0 Å². The fraction of sp³-hybridized carbons (Fsp3) is 0.238. The molecule has 9 nitrogen and oxygen atoms in total. The van der Waals surface area contributed by atoms with Crippen LogP contribution in [0.5, 0.6) is 0 Å². The fourth-order valence-corrected chi connectivity index (χ4v) is 4.09. The lowest BCUT2D eigenvalue weighted by Crippen LogP contribution is -2.32. The summed E-state index contributed by atoms with van der Waals surface area (Å²) in [4.78, 5) is 23.9. The van der Waals surface area contributed by atoms with Gasteiger partial charge in [-0.05, 0) is 48.9 Å². The highest BCUT2D eigenvalue weighted by Gasteiger charge is 2.24. The Hall–Kier alpha value is -3.73. The zero-order chi connectivity index (χ0) is 23.0. The van der Waals surface area contributed by atoms with Crippen molar-refractivity contribution in [3.05, 3.63) is 59.2 Å². The van der Waals surface area contributed by atoms with Crippen molar-refractivity contribution in [3.63, 3.8) is 0 Å². The molecule has 10 heteroatoms. The van der Waals surface area contributed by atoms with Crippen molar-refractivity contribution in [2.75, 3.05) is 18.4 Å². The first kappa shape index (κ1) is 23.5. The van der Waals surface area contributed by atoms with Gasteiger partial charge in [-0.1, -0.05) is 13.3 Å². The van der Waals surface area contributed by atoms with E-state index in [4.69, 9.17) is 10.5 Å². The van der Waals surface area contributed by atoms with Gasteiger partial charge in [0.25, 0.3) is 5.91 Å². The topological polar surface area (TPSA) is 151 Å². The summed E-state index contributed by atoms with van der Waals surface area (Å²) in [6, 6.07) is 12.6. The van der Waals surface area contributed by atoms with Crippen LogP contribution in [0.25, 0.3) is 0 Å². The number of nitriles is 2. The molecule has 2 rings (SSSR count). The monoisotopic (exact) mass is 440 g/mol. The molecule has 0 aliphatic rings. The summed E-state index contributed by atoms with van der Waals surface area (Å²) in [7, 11) is -3.89. The molecule has 2 aromatic rings. The van der Waals surface area contributed by atoms with Crippen molar-refractivity contribution >= 4 is 27.6 Å². The Bertz CT molecular complexity index is 1160. The van der Waals surface area contributed by atoms with Gasteiger partial charge in [0.1, 0.15) is 6.54 Å². The maximum atomic E-state index is 12.8. The number of benzene rings is 2. The zero-order valence-corrected chi connectivity index (χ0v) is 17.5. The molecule has 0 saturated carbocycles. The number of aromatic carboxylic acids is 1. The number of hydrogen-bond donors (Lipinski definition) is 2. The maximum absolute atomic E-state index is 12.8. The van der Waals surface area contributed by atoms with Gasteiger partial charge < -0.3 is 10.4 Å². The van der Waals surface area contributed by atoms with Crippen LogP contribution in [0.15, 0.2) is 47.4 Å². The third kappa shape index (κ3) is 5.66. The Morgan fingerprint density at radius 2 is 1.81 bits per heavy atom. The molecule has 2 aromatic carbocycles. The molecule has 0 heterocycles. The number of carbonyl (C=O) groups excluding carboxylic acids is 1. The molecule has 2 N–H and O–H groups in total. The summed E-state index contributed by atoms with van der Waals surface area (Å²) in [6.07, 6.45) is 1.38. The van der Waals surface area contributed by atoms with Crippen LogP contribution in [0.1, 0.15) is 46.0 Å². The number of amides is 1. The van der Waals surface area contributed by atoms with Gasteiger partial charge in [0, 0.05) is 12.1 Å². The number of sulfonamides is 1. The van der Waals surface area contributed by atoms with E-state index >= 15 is 0 Å². The molecule has 0 aromatic heterocycles. The highest BCUT2D eigenvalue weighted by molar-refractivity contribution is 7.89. The summed E-state index contributed by atoms with van der Waals surface area (Å²) in [5.41, 5.74) is 0.0117. The van der Waals surface area contributed by atoms with Gasteiger partial charge in [0.2, 0.25) is 10.0 Å². The summed E-state index contributed by atoms with van der Waals surface area (Å²) in [5.74, 6) is -1.95. The predicted molar refractivity (Wildman–Crippen MR) is 112 cm³/mol. The predicted octanol–water partition coefficient (Wildman–Crippen LogP) is 2.82. The summed E-state index contributed by atoms with van der Waals surface area (Å²) < 4.78 is 26.6. The van der Waals surface area contributed by atoms with Crippen molar-refractivity contribution in [3.8, 4) is 12.1 Å². The van der Waals surface area contributed by atoms with E-state index in [0.717, 1.165) is 16.8 Å². The second-order valence-corrected chi connectivity index (χ2v) is 8.44. The molecule has 0 aliphatic heterocycles. The largest absolute Gasteiger partial charge is 0.478 e. The zero-order valence-electron chi connectivity index (χ0n) is 16.7. The average molecular weight is 440 g/mol. The first-order valence-electron chi connectivity index (χ1n) is 9.30. The second kappa shape index (κ2) is 10.3. The van der Waals surface area contributed by atoms with Crippen LogP contribution in [-0.4, -0.2) is 42.8 Å². The van der Waals surface area contributed by atoms with E-state index in [0.29, 0.717) is 6.42 Å². The van der Waals surface area contributed by atoms with Gasteiger partial charge in [0.05, 0.1) is 33.8 Å². The maximum Gasteiger partial charge on any atom is 0.337 e. The van der Waals surface area contributed by atoms with Crippen molar-refractivity contribution in [2.24, 2.45) is 0 Å². The van der Waals surface area contributed by atoms with Crippen LogP contribution < -0.4 is 5.32 Å². The number of carbonyl (C=O) groups is 2. The molecule has 0 aliphatic carbocycles. The van der Waals surface area contributed by atoms with E-state index in [2.05, 4.69) is 5.32 Å². The molecular weight excluding hydrogens is 420 g/mol. The van der Waals surface area contributed by atoms with Crippen LogP contribution in [0.4, 0.5) is 5.69 Å². The van der Waals surface area contributed by atoms with E-state index in [9.17, 15) is 23.1 Å². The Labute approximate surface area is 180 Å². The average Bonchev–Trinajstić information content (AvgIpc) is 2.76. The Morgan fingerprint density at radius 1 is 1.13 bits per heavy atom. The number of nitrogens with one attached hydrogen (secondary N) is 1.